The molecule has 16 heavy (non-hydrogen) atoms. The lowest BCUT2D eigenvalue weighted by molar-refractivity contribution is 0.103. The molecule has 1 aromatic carbocycles. The largest absolute Gasteiger partial charge is 0.507 e. The van der Waals surface area contributed by atoms with Gasteiger partial charge in [0, 0.05) is 12.0 Å². The van der Waals surface area contributed by atoms with Crippen LogP contribution in [0.1, 0.15) is 32.8 Å². The Morgan fingerprint density at radius 3 is 2.88 bits per heavy atom. The number of phenolic OH excluding ortho intramolecular Hbond substituents is 1. The zero-order valence-electron chi connectivity index (χ0n) is 8.78. The van der Waals surface area contributed by atoms with Gasteiger partial charge in [-0.25, -0.2) is 0 Å². The topological polar surface area (TPSA) is 50.4 Å². The Hall–Kier alpha value is -2.03. The summed E-state index contributed by atoms with van der Waals surface area (Å²) in [6, 6.07) is 5.15. The van der Waals surface area contributed by atoms with Gasteiger partial charge in [0.1, 0.15) is 11.5 Å². The second kappa shape index (κ2) is 2.98. The number of hydrogen-bond acceptors (Lipinski definition) is 3. The predicted octanol–water partition coefficient (Wildman–Crippen LogP) is 2.43. The monoisotopic (exact) mass is 214 g/mol. The van der Waals surface area contributed by atoms with Gasteiger partial charge in [0.05, 0.1) is 17.4 Å². The normalized spacial score (nSPS) is 13.4. The summed E-state index contributed by atoms with van der Waals surface area (Å²) in [5, 5.41) is 9.73. The zero-order chi connectivity index (χ0) is 11.3. The molecule has 0 aliphatic heterocycles. The first-order valence-corrected chi connectivity index (χ1v) is 5.11. The van der Waals surface area contributed by atoms with Crippen LogP contribution in [0.5, 0.6) is 5.75 Å². The highest BCUT2D eigenvalue weighted by atomic mass is 16.3. The summed E-state index contributed by atoms with van der Waals surface area (Å²) in [6.07, 6.45) is 2.26. The Labute approximate surface area is 92.3 Å². The first-order valence-electron chi connectivity index (χ1n) is 5.11. The molecule has 0 bridgehead atoms. The Balaban J connectivity index is 2.29. The van der Waals surface area contributed by atoms with Crippen LogP contribution in [-0.2, 0) is 6.42 Å². The number of phenols is 1. The van der Waals surface area contributed by atoms with E-state index in [4.69, 9.17) is 4.42 Å². The third-order valence-electron chi connectivity index (χ3n) is 3.01. The Bertz CT molecular complexity index is 593. The smallest absolute Gasteiger partial charge is 0.200 e. The van der Waals surface area contributed by atoms with Crippen molar-refractivity contribution in [2.24, 2.45) is 0 Å². The first-order chi connectivity index (χ1) is 7.68. The number of hydrogen-bond donors (Lipinski definition) is 1. The van der Waals surface area contributed by atoms with Crippen LogP contribution in [0.15, 0.2) is 28.9 Å². The minimum absolute atomic E-state index is 0.0498. The van der Waals surface area contributed by atoms with Crippen molar-refractivity contribution in [1.82, 2.24) is 0 Å². The second-order valence-corrected chi connectivity index (χ2v) is 4.01. The third kappa shape index (κ3) is 1.05. The molecular weight excluding hydrogens is 204 g/mol. The van der Waals surface area contributed by atoms with Crippen molar-refractivity contribution < 1.29 is 14.3 Å². The predicted molar refractivity (Wildman–Crippen MR) is 57.8 cm³/mol. The summed E-state index contributed by atoms with van der Waals surface area (Å²) in [7, 11) is 0. The highest BCUT2D eigenvalue weighted by Crippen LogP contribution is 2.34. The van der Waals surface area contributed by atoms with E-state index in [1.807, 2.05) is 6.07 Å². The summed E-state index contributed by atoms with van der Waals surface area (Å²) in [4.78, 5) is 12.2. The van der Waals surface area contributed by atoms with Gasteiger partial charge in [-0.3, -0.25) is 4.79 Å². The van der Waals surface area contributed by atoms with E-state index in [9.17, 15) is 9.90 Å². The molecule has 0 fully saturated rings. The van der Waals surface area contributed by atoms with Crippen LogP contribution in [-0.4, -0.2) is 10.9 Å². The minimum atomic E-state index is -0.138. The maximum absolute atomic E-state index is 12.2. The summed E-state index contributed by atoms with van der Waals surface area (Å²) >= 11 is 0. The van der Waals surface area contributed by atoms with Crippen LogP contribution in [0.2, 0.25) is 0 Å². The van der Waals surface area contributed by atoms with E-state index in [1.165, 1.54) is 6.07 Å². The SMILES string of the molecule is Cc1occ2c1C(=O)c1c(O)cccc1C2. The van der Waals surface area contributed by atoms with Crippen molar-refractivity contribution >= 4 is 5.78 Å². The standard InChI is InChI=1S/C13H10O3/c1-7-11-9(6-16-7)5-8-3-2-4-10(14)12(8)13(11)15/h2-4,6,14H,5H2,1H3. The number of ketones is 1. The molecule has 0 atom stereocenters. The van der Waals surface area contributed by atoms with Gasteiger partial charge < -0.3 is 9.52 Å². The molecule has 0 radical (unpaired) electrons. The number of fused-ring (bicyclic) bond motifs is 2. The van der Waals surface area contributed by atoms with Crippen molar-refractivity contribution in [3.63, 3.8) is 0 Å². The number of aromatic hydroxyl groups is 1. The van der Waals surface area contributed by atoms with Gasteiger partial charge in [0.2, 0.25) is 5.78 Å². The summed E-state index contributed by atoms with van der Waals surface area (Å²) < 4.78 is 5.26. The summed E-state index contributed by atoms with van der Waals surface area (Å²) in [6.45, 7) is 1.77. The second-order valence-electron chi connectivity index (χ2n) is 4.01. The van der Waals surface area contributed by atoms with Crippen molar-refractivity contribution in [2.75, 3.05) is 0 Å². The molecule has 0 spiro atoms. The molecule has 0 amide bonds. The van der Waals surface area contributed by atoms with E-state index in [0.29, 0.717) is 23.3 Å². The number of rotatable bonds is 0. The van der Waals surface area contributed by atoms with E-state index in [2.05, 4.69) is 0 Å². The van der Waals surface area contributed by atoms with Crippen LogP contribution in [0.25, 0.3) is 0 Å². The van der Waals surface area contributed by atoms with Gasteiger partial charge in [-0.05, 0) is 18.6 Å². The van der Waals surface area contributed by atoms with Crippen molar-refractivity contribution in [3.05, 3.63) is 52.5 Å². The van der Waals surface area contributed by atoms with Gasteiger partial charge in [0.15, 0.2) is 0 Å². The number of furan rings is 1. The van der Waals surface area contributed by atoms with E-state index in [1.54, 1.807) is 19.3 Å². The van der Waals surface area contributed by atoms with E-state index in [0.717, 1.165) is 11.1 Å². The Kier molecular flexibility index (Phi) is 1.72. The van der Waals surface area contributed by atoms with Crippen LogP contribution in [0.3, 0.4) is 0 Å². The number of carbonyl (C=O) groups excluding carboxylic acids is 1. The fraction of sp³-hybridized carbons (Fsp3) is 0.154. The van der Waals surface area contributed by atoms with Crippen LogP contribution in [0, 0.1) is 6.92 Å². The van der Waals surface area contributed by atoms with Crippen LogP contribution >= 0.6 is 0 Å². The Morgan fingerprint density at radius 2 is 2.06 bits per heavy atom. The number of aryl methyl sites for hydroxylation is 1. The molecule has 3 rings (SSSR count). The van der Waals surface area contributed by atoms with Crippen LogP contribution in [0.4, 0.5) is 0 Å². The highest BCUT2D eigenvalue weighted by molar-refractivity contribution is 6.14. The Morgan fingerprint density at radius 1 is 1.25 bits per heavy atom. The van der Waals surface area contributed by atoms with Gasteiger partial charge in [0.25, 0.3) is 0 Å². The summed E-state index contributed by atoms with van der Waals surface area (Å²) in [5.74, 6) is 0.531. The molecule has 2 aromatic rings. The first kappa shape index (κ1) is 9.21. The molecule has 0 saturated heterocycles. The van der Waals surface area contributed by atoms with Crippen molar-refractivity contribution in [3.8, 4) is 5.75 Å². The van der Waals surface area contributed by atoms with Gasteiger partial charge in [-0.2, -0.15) is 0 Å². The number of carbonyl (C=O) groups is 1. The van der Waals surface area contributed by atoms with E-state index < -0.39 is 0 Å². The molecule has 1 aliphatic carbocycles. The zero-order valence-corrected chi connectivity index (χ0v) is 8.78. The van der Waals surface area contributed by atoms with Crippen molar-refractivity contribution in [1.29, 1.82) is 0 Å². The molecule has 0 saturated carbocycles. The lowest BCUT2D eigenvalue weighted by Gasteiger charge is -2.15. The molecular formula is C13H10O3. The van der Waals surface area contributed by atoms with Gasteiger partial charge >= 0.3 is 0 Å². The molecule has 1 aromatic heterocycles. The highest BCUT2D eigenvalue weighted by Gasteiger charge is 2.29. The quantitative estimate of drug-likeness (QED) is 0.625. The third-order valence-corrected chi connectivity index (χ3v) is 3.01. The maximum Gasteiger partial charge on any atom is 0.200 e. The molecule has 0 unspecified atom stereocenters. The van der Waals surface area contributed by atoms with Gasteiger partial charge in [-0.15, -0.1) is 0 Å². The number of benzene rings is 1. The van der Waals surface area contributed by atoms with E-state index in [-0.39, 0.29) is 11.5 Å². The lowest BCUT2D eigenvalue weighted by atomic mass is 9.86. The lowest BCUT2D eigenvalue weighted by Crippen LogP contribution is -2.14. The molecule has 1 aliphatic rings. The molecule has 3 heteroatoms. The maximum atomic E-state index is 12.2. The van der Waals surface area contributed by atoms with E-state index >= 15 is 0 Å². The van der Waals surface area contributed by atoms with Crippen molar-refractivity contribution in [2.45, 2.75) is 13.3 Å². The average Bonchev–Trinajstić information content (AvgIpc) is 2.60. The fourth-order valence-corrected chi connectivity index (χ4v) is 2.27. The minimum Gasteiger partial charge on any atom is -0.507 e. The van der Waals surface area contributed by atoms with Crippen LogP contribution < -0.4 is 0 Å². The average molecular weight is 214 g/mol. The molecule has 1 heterocycles. The molecule has 1 N–H and O–H groups in total. The fourth-order valence-electron chi connectivity index (χ4n) is 2.27. The van der Waals surface area contributed by atoms with Gasteiger partial charge in [-0.1, -0.05) is 12.1 Å². The molecule has 3 nitrogen and oxygen atoms in total. The summed E-state index contributed by atoms with van der Waals surface area (Å²) in [5.41, 5.74) is 2.78. The molecule has 80 valence electrons.